The fourth-order valence-electron chi connectivity index (χ4n) is 1.93. The normalized spacial score (nSPS) is 24.4. The molecule has 0 aliphatic heterocycles. The number of aryl methyl sites for hydroxylation is 1. The van der Waals surface area contributed by atoms with E-state index in [0.717, 1.165) is 18.5 Å². The molecule has 0 bridgehead atoms. The predicted molar refractivity (Wildman–Crippen MR) is 60.4 cm³/mol. The van der Waals surface area contributed by atoms with Gasteiger partial charge in [-0.15, -0.1) is 5.10 Å². The monoisotopic (exact) mass is 218 g/mol. The standard InChI is InChI=1S/C11H14N4O/c1-7-2-3-15-10(4-7)13-11(14-15)12-8-5-9(16)6-8/h2-4,8-9,16H,5-6H2,1H3,(H,12,14). The third-order valence-electron chi connectivity index (χ3n) is 2.94. The van der Waals surface area contributed by atoms with Gasteiger partial charge in [0.1, 0.15) is 0 Å². The summed E-state index contributed by atoms with van der Waals surface area (Å²) in [6, 6.07) is 4.31. The summed E-state index contributed by atoms with van der Waals surface area (Å²) >= 11 is 0. The quantitative estimate of drug-likeness (QED) is 0.788. The van der Waals surface area contributed by atoms with Crippen molar-refractivity contribution in [3.05, 3.63) is 23.9 Å². The number of aliphatic hydroxyl groups is 1. The number of hydrogen-bond donors (Lipinski definition) is 2. The van der Waals surface area contributed by atoms with Crippen molar-refractivity contribution in [2.24, 2.45) is 0 Å². The van der Waals surface area contributed by atoms with E-state index in [1.54, 1.807) is 4.52 Å². The van der Waals surface area contributed by atoms with Gasteiger partial charge in [-0.3, -0.25) is 0 Å². The fourth-order valence-corrected chi connectivity index (χ4v) is 1.93. The van der Waals surface area contributed by atoms with Crippen molar-refractivity contribution in [1.29, 1.82) is 0 Å². The lowest BCUT2D eigenvalue weighted by Crippen LogP contribution is -2.39. The van der Waals surface area contributed by atoms with Crippen molar-refractivity contribution < 1.29 is 5.11 Å². The second-order valence-electron chi connectivity index (χ2n) is 4.41. The van der Waals surface area contributed by atoms with E-state index >= 15 is 0 Å². The van der Waals surface area contributed by atoms with Crippen LogP contribution >= 0.6 is 0 Å². The van der Waals surface area contributed by atoms with Gasteiger partial charge in [-0.25, -0.2) is 4.52 Å². The number of pyridine rings is 1. The van der Waals surface area contributed by atoms with Crippen molar-refractivity contribution in [2.45, 2.75) is 31.9 Å². The Kier molecular flexibility index (Phi) is 2.07. The molecule has 84 valence electrons. The SMILES string of the molecule is Cc1ccn2nc(NC3CC(O)C3)nc2c1. The number of aliphatic hydroxyl groups excluding tert-OH is 1. The van der Waals surface area contributed by atoms with Crippen LogP contribution in [0.25, 0.3) is 5.65 Å². The minimum atomic E-state index is -0.156. The highest BCUT2D eigenvalue weighted by Crippen LogP contribution is 2.22. The van der Waals surface area contributed by atoms with Crippen LogP contribution in [-0.4, -0.2) is 31.9 Å². The molecule has 0 atom stereocenters. The summed E-state index contributed by atoms with van der Waals surface area (Å²) in [4.78, 5) is 4.38. The Bertz CT molecular complexity index is 516. The van der Waals surface area contributed by atoms with Gasteiger partial charge in [-0.2, -0.15) is 4.98 Å². The molecule has 5 nitrogen and oxygen atoms in total. The average molecular weight is 218 g/mol. The molecule has 0 saturated heterocycles. The van der Waals surface area contributed by atoms with Crippen LogP contribution in [0.4, 0.5) is 5.95 Å². The van der Waals surface area contributed by atoms with Crippen LogP contribution in [-0.2, 0) is 0 Å². The second-order valence-corrected chi connectivity index (χ2v) is 4.41. The van der Waals surface area contributed by atoms with Gasteiger partial charge in [0.05, 0.1) is 6.10 Å². The second kappa shape index (κ2) is 3.45. The van der Waals surface area contributed by atoms with Gasteiger partial charge in [-0.05, 0) is 37.5 Å². The molecule has 0 radical (unpaired) electrons. The molecule has 1 aliphatic carbocycles. The van der Waals surface area contributed by atoms with Crippen LogP contribution in [0.5, 0.6) is 0 Å². The number of hydrogen-bond acceptors (Lipinski definition) is 4. The van der Waals surface area contributed by atoms with Crippen LogP contribution in [0.1, 0.15) is 18.4 Å². The maximum absolute atomic E-state index is 9.19. The minimum absolute atomic E-state index is 0.156. The van der Waals surface area contributed by atoms with E-state index in [0.29, 0.717) is 12.0 Å². The smallest absolute Gasteiger partial charge is 0.243 e. The van der Waals surface area contributed by atoms with Gasteiger partial charge in [0.2, 0.25) is 5.95 Å². The Hall–Kier alpha value is -1.62. The Balaban J connectivity index is 1.82. The summed E-state index contributed by atoms with van der Waals surface area (Å²) in [5.41, 5.74) is 2.02. The molecule has 0 spiro atoms. The summed E-state index contributed by atoms with van der Waals surface area (Å²) in [6.07, 6.45) is 3.32. The zero-order valence-corrected chi connectivity index (χ0v) is 9.09. The summed E-state index contributed by atoms with van der Waals surface area (Å²) in [5.74, 6) is 0.641. The van der Waals surface area contributed by atoms with Crippen molar-refractivity contribution in [1.82, 2.24) is 14.6 Å². The molecule has 1 fully saturated rings. The van der Waals surface area contributed by atoms with Crippen LogP contribution in [0.15, 0.2) is 18.3 Å². The summed E-state index contributed by atoms with van der Waals surface area (Å²) in [6.45, 7) is 2.03. The topological polar surface area (TPSA) is 62.5 Å². The molecule has 2 heterocycles. The zero-order valence-electron chi connectivity index (χ0n) is 9.09. The molecular formula is C11H14N4O. The number of nitrogens with one attached hydrogen (secondary N) is 1. The lowest BCUT2D eigenvalue weighted by molar-refractivity contribution is 0.0834. The number of rotatable bonds is 2. The first-order valence-electron chi connectivity index (χ1n) is 5.48. The highest BCUT2D eigenvalue weighted by atomic mass is 16.3. The van der Waals surface area contributed by atoms with Crippen molar-refractivity contribution >= 4 is 11.6 Å². The minimum Gasteiger partial charge on any atom is -0.393 e. The van der Waals surface area contributed by atoms with Crippen LogP contribution in [0.2, 0.25) is 0 Å². The highest BCUT2D eigenvalue weighted by Gasteiger charge is 2.27. The first-order valence-corrected chi connectivity index (χ1v) is 5.48. The van der Waals surface area contributed by atoms with E-state index in [4.69, 9.17) is 0 Å². The van der Waals surface area contributed by atoms with Gasteiger partial charge in [0, 0.05) is 12.2 Å². The van der Waals surface area contributed by atoms with Gasteiger partial charge in [0.25, 0.3) is 0 Å². The number of nitrogens with zero attached hydrogens (tertiary/aromatic N) is 3. The van der Waals surface area contributed by atoms with Crippen molar-refractivity contribution in [3.8, 4) is 0 Å². The van der Waals surface area contributed by atoms with E-state index in [1.807, 2.05) is 25.3 Å². The highest BCUT2D eigenvalue weighted by molar-refractivity contribution is 5.45. The maximum Gasteiger partial charge on any atom is 0.243 e. The summed E-state index contributed by atoms with van der Waals surface area (Å²) in [5, 5.41) is 16.7. The third-order valence-corrected chi connectivity index (χ3v) is 2.94. The van der Waals surface area contributed by atoms with Gasteiger partial charge < -0.3 is 10.4 Å². The predicted octanol–water partition coefficient (Wildman–Crippen LogP) is 0.973. The molecule has 3 rings (SSSR count). The van der Waals surface area contributed by atoms with E-state index in [9.17, 15) is 5.11 Å². The Morgan fingerprint density at radius 1 is 1.50 bits per heavy atom. The lowest BCUT2D eigenvalue weighted by atomic mass is 9.90. The van der Waals surface area contributed by atoms with Crippen molar-refractivity contribution in [2.75, 3.05) is 5.32 Å². The van der Waals surface area contributed by atoms with Crippen LogP contribution in [0, 0.1) is 6.92 Å². The zero-order chi connectivity index (χ0) is 11.1. The largest absolute Gasteiger partial charge is 0.393 e. The Labute approximate surface area is 93.1 Å². The number of aromatic nitrogens is 3. The molecule has 2 aromatic rings. The lowest BCUT2D eigenvalue weighted by Gasteiger charge is -2.31. The molecule has 2 aromatic heterocycles. The maximum atomic E-state index is 9.19. The molecule has 2 N–H and O–H groups in total. The summed E-state index contributed by atoms with van der Waals surface area (Å²) in [7, 11) is 0. The van der Waals surface area contributed by atoms with E-state index < -0.39 is 0 Å². The van der Waals surface area contributed by atoms with Crippen LogP contribution in [0.3, 0.4) is 0 Å². The van der Waals surface area contributed by atoms with E-state index in [1.165, 1.54) is 5.56 Å². The Morgan fingerprint density at radius 3 is 3.06 bits per heavy atom. The van der Waals surface area contributed by atoms with Gasteiger partial charge in [-0.1, -0.05) is 0 Å². The molecule has 0 amide bonds. The number of anilines is 1. The van der Waals surface area contributed by atoms with Crippen molar-refractivity contribution in [3.63, 3.8) is 0 Å². The third kappa shape index (κ3) is 1.63. The fraction of sp³-hybridized carbons (Fsp3) is 0.455. The first-order chi connectivity index (χ1) is 7.70. The first kappa shape index (κ1) is 9.59. The molecule has 1 saturated carbocycles. The van der Waals surface area contributed by atoms with Gasteiger partial charge in [0.15, 0.2) is 5.65 Å². The van der Waals surface area contributed by atoms with Gasteiger partial charge >= 0.3 is 0 Å². The van der Waals surface area contributed by atoms with E-state index in [-0.39, 0.29) is 6.10 Å². The van der Waals surface area contributed by atoms with E-state index in [2.05, 4.69) is 15.4 Å². The average Bonchev–Trinajstić information content (AvgIpc) is 2.57. The molecule has 1 aliphatic rings. The molecule has 0 unspecified atom stereocenters. The molecule has 16 heavy (non-hydrogen) atoms. The molecule has 0 aromatic carbocycles. The molecular weight excluding hydrogens is 204 g/mol. The molecule has 5 heteroatoms. The number of fused-ring (bicyclic) bond motifs is 1. The summed E-state index contributed by atoms with van der Waals surface area (Å²) < 4.78 is 1.75. The van der Waals surface area contributed by atoms with Crippen LogP contribution < -0.4 is 5.32 Å². The Morgan fingerprint density at radius 2 is 2.31 bits per heavy atom.